The molecule has 1 aromatic rings. The van der Waals surface area contributed by atoms with Crippen LogP contribution in [0.2, 0.25) is 18.1 Å². The van der Waals surface area contributed by atoms with Crippen molar-refractivity contribution < 1.29 is 19.1 Å². The van der Waals surface area contributed by atoms with Crippen LogP contribution in [0.25, 0.3) is 0 Å². The molecule has 4 nitrogen and oxygen atoms in total. The van der Waals surface area contributed by atoms with Crippen LogP contribution in [0.3, 0.4) is 0 Å². The summed E-state index contributed by atoms with van der Waals surface area (Å²) in [6.07, 6.45) is 2.63. The maximum atomic E-state index is 12.2. The van der Waals surface area contributed by atoms with E-state index in [1.165, 1.54) is 0 Å². The Morgan fingerprint density at radius 1 is 1.15 bits per heavy atom. The molecule has 1 aliphatic rings. The van der Waals surface area contributed by atoms with Crippen LogP contribution in [0.5, 0.6) is 0 Å². The van der Waals surface area contributed by atoms with Gasteiger partial charge in [0.15, 0.2) is 14.4 Å². The lowest BCUT2D eigenvalue weighted by atomic mass is 9.84. The van der Waals surface area contributed by atoms with Gasteiger partial charge in [-0.3, -0.25) is 0 Å². The molecule has 1 aromatic carbocycles. The van der Waals surface area contributed by atoms with Gasteiger partial charge in [-0.1, -0.05) is 51.1 Å². The van der Waals surface area contributed by atoms with Crippen molar-refractivity contribution in [2.75, 3.05) is 0 Å². The first kappa shape index (κ1) is 21.1. The fourth-order valence-corrected chi connectivity index (χ4v) is 4.54. The van der Waals surface area contributed by atoms with E-state index in [2.05, 4.69) is 33.9 Å². The highest BCUT2D eigenvalue weighted by Crippen LogP contribution is 2.40. The lowest BCUT2D eigenvalue weighted by molar-refractivity contribution is -0.159. The van der Waals surface area contributed by atoms with Gasteiger partial charge in [0, 0.05) is 6.10 Å². The molecule has 0 bridgehead atoms. The standard InChI is InChI=1S/C21H34O4Si/c1-21(2,3)26(4,5)25-18-13-11-17(12-14-18)19(22)20(23)24-15-16-9-7-6-8-10-16/h6-10,17-19,22H,11-15H2,1-5H3/t17-,18+,19?. The molecule has 0 saturated heterocycles. The van der Waals surface area contributed by atoms with E-state index in [0.717, 1.165) is 31.2 Å². The van der Waals surface area contributed by atoms with Gasteiger partial charge in [0.1, 0.15) is 6.61 Å². The molecule has 1 unspecified atom stereocenters. The number of carbonyl (C=O) groups excluding carboxylic acids is 1. The SMILES string of the molecule is CC(C)(C)[Si](C)(C)O[C@H]1CC[C@@H](C(O)C(=O)OCc2ccccc2)CC1. The van der Waals surface area contributed by atoms with Crippen molar-refractivity contribution in [3.05, 3.63) is 35.9 Å². The number of hydrogen-bond donors (Lipinski definition) is 1. The number of esters is 1. The molecule has 0 heterocycles. The van der Waals surface area contributed by atoms with Gasteiger partial charge in [-0.2, -0.15) is 0 Å². The average molecular weight is 379 g/mol. The first-order valence-electron chi connectivity index (χ1n) is 9.66. The molecule has 1 saturated carbocycles. The Labute approximate surface area is 159 Å². The van der Waals surface area contributed by atoms with Crippen molar-refractivity contribution in [1.82, 2.24) is 0 Å². The number of aliphatic hydroxyl groups excluding tert-OH is 1. The summed E-state index contributed by atoms with van der Waals surface area (Å²) in [4.78, 5) is 12.2. The van der Waals surface area contributed by atoms with Gasteiger partial charge in [-0.15, -0.1) is 0 Å². The highest BCUT2D eigenvalue weighted by atomic mass is 28.4. The lowest BCUT2D eigenvalue weighted by Gasteiger charge is -2.41. The van der Waals surface area contributed by atoms with Crippen molar-refractivity contribution in [1.29, 1.82) is 0 Å². The smallest absolute Gasteiger partial charge is 0.335 e. The summed E-state index contributed by atoms with van der Waals surface area (Å²) in [5.74, 6) is -0.542. The number of benzene rings is 1. The van der Waals surface area contributed by atoms with Gasteiger partial charge in [-0.25, -0.2) is 4.79 Å². The number of carbonyl (C=O) groups is 1. The molecule has 146 valence electrons. The van der Waals surface area contributed by atoms with Crippen LogP contribution in [-0.2, 0) is 20.6 Å². The largest absolute Gasteiger partial charge is 0.459 e. The van der Waals surface area contributed by atoms with Crippen molar-refractivity contribution in [3.63, 3.8) is 0 Å². The second kappa shape index (κ2) is 8.68. The lowest BCUT2D eigenvalue weighted by Crippen LogP contribution is -2.45. The molecule has 0 amide bonds. The van der Waals surface area contributed by atoms with E-state index in [-0.39, 0.29) is 23.7 Å². The predicted octanol–water partition coefficient (Wildman–Crippen LogP) is 4.67. The Morgan fingerprint density at radius 3 is 2.27 bits per heavy atom. The Hall–Kier alpha value is -1.17. The molecular weight excluding hydrogens is 344 g/mol. The summed E-state index contributed by atoms with van der Waals surface area (Å²) in [7, 11) is -1.77. The van der Waals surface area contributed by atoms with Gasteiger partial charge in [0.25, 0.3) is 0 Å². The molecule has 0 aromatic heterocycles. The molecule has 1 N–H and O–H groups in total. The van der Waals surface area contributed by atoms with E-state index in [1.54, 1.807) is 0 Å². The Bertz CT molecular complexity index is 571. The summed E-state index contributed by atoms with van der Waals surface area (Å²) in [6, 6.07) is 9.54. The monoisotopic (exact) mass is 378 g/mol. The minimum atomic E-state index is -1.77. The zero-order chi connectivity index (χ0) is 19.4. The Morgan fingerprint density at radius 2 is 1.73 bits per heavy atom. The van der Waals surface area contributed by atoms with Crippen molar-refractivity contribution >= 4 is 14.3 Å². The van der Waals surface area contributed by atoms with E-state index < -0.39 is 20.4 Å². The third-order valence-corrected chi connectivity index (χ3v) is 10.4. The summed E-state index contributed by atoms with van der Waals surface area (Å²) in [5.41, 5.74) is 0.930. The minimum absolute atomic E-state index is 0.0301. The van der Waals surface area contributed by atoms with Gasteiger partial charge in [0.2, 0.25) is 0 Å². The van der Waals surface area contributed by atoms with Crippen LogP contribution < -0.4 is 0 Å². The molecule has 0 radical (unpaired) electrons. The van der Waals surface area contributed by atoms with Crippen molar-refractivity contribution in [2.45, 2.75) is 83.4 Å². The molecule has 1 fully saturated rings. The third kappa shape index (κ3) is 5.66. The van der Waals surface area contributed by atoms with Gasteiger partial charge in [0.05, 0.1) is 0 Å². The highest BCUT2D eigenvalue weighted by molar-refractivity contribution is 6.74. The van der Waals surface area contributed by atoms with E-state index >= 15 is 0 Å². The normalized spacial score (nSPS) is 22.7. The van der Waals surface area contributed by atoms with E-state index in [1.807, 2.05) is 30.3 Å². The molecule has 0 spiro atoms. The minimum Gasteiger partial charge on any atom is -0.459 e. The number of aliphatic hydroxyl groups is 1. The molecule has 1 aliphatic carbocycles. The van der Waals surface area contributed by atoms with Crippen LogP contribution in [0.15, 0.2) is 30.3 Å². The van der Waals surface area contributed by atoms with Crippen molar-refractivity contribution in [2.24, 2.45) is 5.92 Å². The first-order chi connectivity index (χ1) is 12.1. The van der Waals surface area contributed by atoms with Crippen molar-refractivity contribution in [3.8, 4) is 0 Å². The summed E-state index contributed by atoms with van der Waals surface area (Å²) in [5, 5.41) is 10.6. The Balaban J connectivity index is 1.78. The summed E-state index contributed by atoms with van der Waals surface area (Å²) in [6.45, 7) is 11.5. The maximum Gasteiger partial charge on any atom is 0.335 e. The molecule has 0 aliphatic heterocycles. The topological polar surface area (TPSA) is 55.8 Å². The van der Waals surface area contributed by atoms with E-state index in [4.69, 9.17) is 9.16 Å². The van der Waals surface area contributed by atoms with Crippen LogP contribution in [0.1, 0.15) is 52.0 Å². The molecule has 1 atom stereocenters. The number of ether oxygens (including phenoxy) is 1. The van der Waals surface area contributed by atoms with Crippen LogP contribution in [-0.4, -0.2) is 31.6 Å². The zero-order valence-electron chi connectivity index (χ0n) is 16.8. The predicted molar refractivity (Wildman–Crippen MR) is 106 cm³/mol. The number of rotatable bonds is 6. The highest BCUT2D eigenvalue weighted by Gasteiger charge is 2.40. The molecule has 5 heteroatoms. The second-order valence-electron chi connectivity index (χ2n) is 8.95. The summed E-state index contributed by atoms with van der Waals surface area (Å²) < 4.78 is 11.8. The second-order valence-corrected chi connectivity index (χ2v) is 13.7. The fourth-order valence-electron chi connectivity index (χ4n) is 3.12. The molecule has 2 rings (SSSR count). The first-order valence-corrected chi connectivity index (χ1v) is 12.6. The fraction of sp³-hybridized carbons (Fsp3) is 0.667. The molecule has 26 heavy (non-hydrogen) atoms. The average Bonchev–Trinajstić information content (AvgIpc) is 2.59. The van der Waals surface area contributed by atoms with Gasteiger partial charge >= 0.3 is 5.97 Å². The van der Waals surface area contributed by atoms with Crippen LogP contribution in [0, 0.1) is 5.92 Å². The summed E-state index contributed by atoms with van der Waals surface area (Å²) >= 11 is 0. The van der Waals surface area contributed by atoms with E-state index in [0.29, 0.717) is 0 Å². The van der Waals surface area contributed by atoms with Gasteiger partial charge in [-0.05, 0) is 55.3 Å². The Kier molecular flexibility index (Phi) is 7.05. The number of hydrogen-bond acceptors (Lipinski definition) is 4. The quantitative estimate of drug-likeness (QED) is 0.577. The maximum absolute atomic E-state index is 12.2. The van der Waals surface area contributed by atoms with Gasteiger partial charge < -0.3 is 14.3 Å². The van der Waals surface area contributed by atoms with Crippen LogP contribution >= 0.6 is 0 Å². The van der Waals surface area contributed by atoms with Crippen LogP contribution in [0.4, 0.5) is 0 Å². The molecular formula is C21H34O4Si. The zero-order valence-corrected chi connectivity index (χ0v) is 17.8. The van der Waals surface area contributed by atoms with E-state index in [9.17, 15) is 9.90 Å². The third-order valence-electron chi connectivity index (χ3n) is 5.90.